The molecule has 3 aromatic carbocycles. The molecule has 4 aromatic rings. The fraction of sp³-hybridized carbons (Fsp3) is 0.207. The number of benzene rings is 3. The van der Waals surface area contributed by atoms with Crippen LogP contribution >= 0.6 is 0 Å². The molecule has 0 radical (unpaired) electrons. The highest BCUT2D eigenvalue weighted by Gasteiger charge is 2.23. The van der Waals surface area contributed by atoms with E-state index in [-0.39, 0.29) is 35.3 Å². The van der Waals surface area contributed by atoms with Crippen molar-refractivity contribution in [3.8, 4) is 22.8 Å². The lowest BCUT2D eigenvalue weighted by Gasteiger charge is -2.19. The van der Waals surface area contributed by atoms with Crippen LogP contribution in [-0.4, -0.2) is 45.0 Å². The van der Waals surface area contributed by atoms with Crippen LogP contribution in [0.25, 0.3) is 22.8 Å². The summed E-state index contributed by atoms with van der Waals surface area (Å²) in [4.78, 5) is 40.1. The number of rotatable bonds is 8. The molecular formula is C29H25F4N5O6. The maximum atomic E-state index is 15.0. The fourth-order valence-electron chi connectivity index (χ4n) is 3.81. The Morgan fingerprint density at radius 1 is 0.909 bits per heavy atom. The third kappa shape index (κ3) is 8.08. The van der Waals surface area contributed by atoms with Crippen LogP contribution in [0.5, 0.6) is 0 Å². The largest absolute Gasteiger partial charge is 0.480 e. The maximum absolute atomic E-state index is 15.0. The third-order valence-electron chi connectivity index (χ3n) is 5.78. The molecule has 0 aliphatic carbocycles. The van der Waals surface area contributed by atoms with Gasteiger partial charge in [-0.2, -0.15) is 4.98 Å². The van der Waals surface area contributed by atoms with Crippen LogP contribution in [0.2, 0.25) is 0 Å². The lowest BCUT2D eigenvalue weighted by atomic mass is 10.0. The van der Waals surface area contributed by atoms with E-state index >= 15 is 4.39 Å². The summed E-state index contributed by atoms with van der Waals surface area (Å²) in [5.74, 6) is -6.52. The van der Waals surface area contributed by atoms with Gasteiger partial charge in [-0.15, -0.1) is 0 Å². The van der Waals surface area contributed by atoms with Crippen molar-refractivity contribution in [3.05, 3.63) is 83.4 Å². The van der Waals surface area contributed by atoms with E-state index in [4.69, 9.17) is 9.26 Å². The summed E-state index contributed by atoms with van der Waals surface area (Å²) in [7, 11) is 0. The smallest absolute Gasteiger partial charge is 0.412 e. The molecule has 230 valence electrons. The molecule has 0 bridgehead atoms. The Kier molecular flexibility index (Phi) is 9.16. The molecule has 0 aliphatic rings. The minimum Gasteiger partial charge on any atom is -0.480 e. The summed E-state index contributed by atoms with van der Waals surface area (Å²) >= 11 is 0. The van der Waals surface area contributed by atoms with Crippen molar-refractivity contribution in [2.45, 2.75) is 38.8 Å². The molecule has 4 rings (SSSR count). The van der Waals surface area contributed by atoms with Crippen molar-refractivity contribution in [3.63, 3.8) is 0 Å². The van der Waals surface area contributed by atoms with E-state index in [9.17, 15) is 32.7 Å². The zero-order valence-electron chi connectivity index (χ0n) is 23.4. The number of urea groups is 1. The quantitative estimate of drug-likeness (QED) is 0.136. The van der Waals surface area contributed by atoms with Gasteiger partial charge in [0.25, 0.3) is 5.89 Å². The van der Waals surface area contributed by atoms with Gasteiger partial charge in [0.2, 0.25) is 5.82 Å². The normalized spacial score (nSPS) is 11.9. The summed E-state index contributed by atoms with van der Waals surface area (Å²) < 4.78 is 65.8. The number of nitrogens with zero attached hydrogens (tertiary/aromatic N) is 2. The van der Waals surface area contributed by atoms with Crippen LogP contribution in [0.1, 0.15) is 26.3 Å². The Balaban J connectivity index is 1.41. The number of hydrogen-bond donors (Lipinski definition) is 4. The van der Waals surface area contributed by atoms with Crippen LogP contribution in [0, 0.1) is 23.3 Å². The van der Waals surface area contributed by atoms with Gasteiger partial charge in [0, 0.05) is 29.8 Å². The van der Waals surface area contributed by atoms with Crippen LogP contribution in [0.3, 0.4) is 0 Å². The summed E-state index contributed by atoms with van der Waals surface area (Å²) in [6, 6.07) is 7.87. The molecule has 0 saturated carbocycles. The number of halogens is 4. The third-order valence-corrected chi connectivity index (χ3v) is 5.78. The zero-order chi connectivity index (χ0) is 32.2. The summed E-state index contributed by atoms with van der Waals surface area (Å²) in [5.41, 5.74) is -0.346. The van der Waals surface area contributed by atoms with E-state index in [1.54, 1.807) is 45.0 Å². The monoisotopic (exact) mass is 615 g/mol. The molecule has 1 aromatic heterocycles. The van der Waals surface area contributed by atoms with E-state index in [1.165, 1.54) is 12.1 Å². The van der Waals surface area contributed by atoms with Gasteiger partial charge in [-0.25, -0.2) is 31.9 Å². The van der Waals surface area contributed by atoms with Crippen molar-refractivity contribution in [2.75, 3.05) is 10.6 Å². The summed E-state index contributed by atoms with van der Waals surface area (Å²) in [6.07, 6.45) is -1.02. The summed E-state index contributed by atoms with van der Waals surface area (Å²) in [5, 5.41) is 19.9. The van der Waals surface area contributed by atoms with Crippen LogP contribution < -0.4 is 16.0 Å². The van der Waals surface area contributed by atoms with Crippen molar-refractivity contribution in [1.29, 1.82) is 0 Å². The van der Waals surface area contributed by atoms with E-state index in [0.717, 1.165) is 6.07 Å². The number of hydrogen-bond acceptors (Lipinski definition) is 7. The van der Waals surface area contributed by atoms with Crippen molar-refractivity contribution in [2.24, 2.45) is 0 Å². The first kappa shape index (κ1) is 31.5. The molecule has 44 heavy (non-hydrogen) atoms. The second-order valence-corrected chi connectivity index (χ2v) is 10.4. The summed E-state index contributed by atoms with van der Waals surface area (Å²) in [6.45, 7) is 5.20. The van der Waals surface area contributed by atoms with E-state index in [1.807, 2.05) is 5.32 Å². The predicted octanol–water partition coefficient (Wildman–Crippen LogP) is 6.12. The van der Waals surface area contributed by atoms with Gasteiger partial charge in [0.1, 0.15) is 23.3 Å². The zero-order valence-corrected chi connectivity index (χ0v) is 23.4. The Morgan fingerprint density at radius 3 is 2.23 bits per heavy atom. The second kappa shape index (κ2) is 12.8. The number of ether oxygens (including phenoxy) is 1. The maximum Gasteiger partial charge on any atom is 0.412 e. The number of aromatic nitrogens is 2. The van der Waals surface area contributed by atoms with Gasteiger partial charge in [-0.1, -0.05) is 11.2 Å². The van der Waals surface area contributed by atoms with Gasteiger partial charge >= 0.3 is 18.1 Å². The first-order valence-corrected chi connectivity index (χ1v) is 12.9. The average Bonchev–Trinajstić information content (AvgIpc) is 3.40. The fourth-order valence-corrected chi connectivity index (χ4v) is 3.81. The first-order chi connectivity index (χ1) is 20.7. The topological polar surface area (TPSA) is 156 Å². The van der Waals surface area contributed by atoms with E-state index in [2.05, 4.69) is 20.8 Å². The number of carbonyl (C=O) groups excluding carboxylic acids is 2. The number of carboxylic acid groups (broad SMARTS) is 1. The SMILES string of the molecule is CC(C)(C)OC(=O)Nc1ccc(-c2nc(-c3ccc(CC(NC(=O)Nc4cc(F)c(F)cc4F)C(=O)O)cc3F)no2)cc1. The number of anilines is 2. The van der Waals surface area contributed by atoms with Crippen molar-refractivity contribution < 1.29 is 46.3 Å². The van der Waals surface area contributed by atoms with Crippen molar-refractivity contribution in [1.82, 2.24) is 15.5 Å². The second-order valence-electron chi connectivity index (χ2n) is 10.4. The molecule has 11 nitrogen and oxygen atoms in total. The van der Waals surface area contributed by atoms with Crippen molar-refractivity contribution >= 4 is 29.5 Å². The molecule has 0 fully saturated rings. The van der Waals surface area contributed by atoms with Crippen LogP contribution in [0.4, 0.5) is 38.5 Å². The van der Waals surface area contributed by atoms with E-state index in [0.29, 0.717) is 17.3 Å². The Labute approximate surface area is 247 Å². The lowest BCUT2D eigenvalue weighted by molar-refractivity contribution is -0.139. The molecule has 0 aliphatic heterocycles. The van der Waals surface area contributed by atoms with Gasteiger partial charge in [-0.3, -0.25) is 5.32 Å². The van der Waals surface area contributed by atoms with Gasteiger partial charge in [0.05, 0.1) is 11.3 Å². The minimum absolute atomic E-state index is 0.0571. The Morgan fingerprint density at radius 2 is 1.59 bits per heavy atom. The van der Waals surface area contributed by atoms with Gasteiger partial charge in [-0.05, 0) is 62.7 Å². The van der Waals surface area contributed by atoms with Crippen LogP contribution in [-0.2, 0) is 16.0 Å². The number of amides is 3. The number of carbonyl (C=O) groups is 3. The van der Waals surface area contributed by atoms with Crippen LogP contribution in [0.15, 0.2) is 59.1 Å². The predicted molar refractivity (Wildman–Crippen MR) is 149 cm³/mol. The molecule has 1 unspecified atom stereocenters. The first-order valence-electron chi connectivity index (χ1n) is 12.9. The Hall–Kier alpha value is -5.47. The molecule has 4 N–H and O–H groups in total. The van der Waals surface area contributed by atoms with E-state index < -0.39 is 58.7 Å². The highest BCUT2D eigenvalue weighted by atomic mass is 19.2. The molecule has 15 heteroatoms. The average molecular weight is 616 g/mol. The molecule has 1 atom stereocenters. The highest BCUT2D eigenvalue weighted by Crippen LogP contribution is 2.26. The molecule has 0 spiro atoms. The molecule has 1 heterocycles. The standard InChI is InChI=1S/C29H25F4N5O6/c1-29(2,3)43-28(42)34-16-7-5-15(6-8-16)25-37-24(38-44-25)17-9-4-14(10-18(17)30)11-23(26(39)40)36-27(41)35-22-13-20(32)19(31)12-21(22)33/h4-10,12-13,23H,11H2,1-3H3,(H,34,42)(H,39,40)(H2,35,36,41). The lowest BCUT2D eigenvalue weighted by Crippen LogP contribution is -2.44. The number of nitrogens with one attached hydrogen (secondary N) is 3. The van der Waals surface area contributed by atoms with Gasteiger partial charge < -0.3 is 25.0 Å². The Bertz CT molecular complexity index is 1710. The minimum atomic E-state index is -1.60. The molecule has 3 amide bonds. The number of aliphatic carboxylic acids is 1. The molecule has 0 saturated heterocycles. The molecular weight excluding hydrogens is 590 g/mol. The number of carboxylic acids is 1. The van der Waals surface area contributed by atoms with Gasteiger partial charge in [0.15, 0.2) is 11.6 Å². The highest BCUT2D eigenvalue weighted by molar-refractivity contribution is 5.92.